The Bertz CT molecular complexity index is 240. The summed E-state index contributed by atoms with van der Waals surface area (Å²) in [4.78, 5) is 0. The molecule has 0 aromatic carbocycles. The minimum absolute atomic E-state index is 0.193. The normalized spacial score (nSPS) is 11.0. The van der Waals surface area contributed by atoms with Gasteiger partial charge in [0.05, 0.1) is 11.9 Å². The topological polar surface area (TPSA) is 17.8 Å². The van der Waals surface area contributed by atoms with Gasteiger partial charge in [-0.05, 0) is 12.8 Å². The standard InChI is InChI=1S/C8H13FN2/c1-4-11-8(6(2)3)7(9)5-10-11/h5-6H,4H2,1-3H3. The highest BCUT2D eigenvalue weighted by atomic mass is 19.1. The summed E-state index contributed by atoms with van der Waals surface area (Å²) in [5, 5.41) is 3.90. The molecule has 1 heterocycles. The van der Waals surface area contributed by atoms with E-state index in [1.165, 1.54) is 6.20 Å². The second-order valence-corrected chi connectivity index (χ2v) is 2.85. The number of rotatable bonds is 2. The number of aryl methyl sites for hydroxylation is 1. The zero-order valence-corrected chi connectivity index (χ0v) is 7.13. The first-order valence-corrected chi connectivity index (χ1v) is 3.88. The van der Waals surface area contributed by atoms with E-state index in [1.807, 2.05) is 20.8 Å². The van der Waals surface area contributed by atoms with Crippen LogP contribution in [0.3, 0.4) is 0 Å². The van der Waals surface area contributed by atoms with Crippen molar-refractivity contribution < 1.29 is 4.39 Å². The Morgan fingerprint density at radius 1 is 1.64 bits per heavy atom. The number of halogens is 1. The molecule has 0 aliphatic carbocycles. The van der Waals surface area contributed by atoms with Crippen molar-refractivity contribution in [1.82, 2.24) is 9.78 Å². The summed E-state index contributed by atoms with van der Waals surface area (Å²) >= 11 is 0. The molecule has 62 valence electrons. The van der Waals surface area contributed by atoms with E-state index >= 15 is 0 Å². The average molecular weight is 156 g/mol. The highest BCUT2D eigenvalue weighted by Crippen LogP contribution is 2.17. The van der Waals surface area contributed by atoms with E-state index < -0.39 is 0 Å². The van der Waals surface area contributed by atoms with Crippen LogP contribution in [0.15, 0.2) is 6.20 Å². The zero-order valence-electron chi connectivity index (χ0n) is 7.13. The lowest BCUT2D eigenvalue weighted by molar-refractivity contribution is 0.552. The largest absolute Gasteiger partial charge is 0.267 e. The van der Waals surface area contributed by atoms with Crippen molar-refractivity contribution >= 4 is 0 Å². The van der Waals surface area contributed by atoms with Gasteiger partial charge in [0.15, 0.2) is 5.82 Å². The maximum Gasteiger partial charge on any atom is 0.164 e. The molecule has 0 fully saturated rings. The molecule has 0 bridgehead atoms. The summed E-state index contributed by atoms with van der Waals surface area (Å²) in [5.41, 5.74) is 0.701. The van der Waals surface area contributed by atoms with E-state index in [0.29, 0.717) is 5.69 Å². The first kappa shape index (κ1) is 8.24. The lowest BCUT2D eigenvalue weighted by Gasteiger charge is -2.06. The van der Waals surface area contributed by atoms with Crippen LogP contribution in [0.2, 0.25) is 0 Å². The van der Waals surface area contributed by atoms with Crippen molar-refractivity contribution in [2.45, 2.75) is 33.2 Å². The summed E-state index contributed by atoms with van der Waals surface area (Å²) < 4.78 is 14.7. The molecule has 0 aliphatic rings. The molecule has 1 aromatic heterocycles. The molecule has 0 aliphatic heterocycles. The highest BCUT2D eigenvalue weighted by molar-refractivity contribution is 5.08. The van der Waals surface area contributed by atoms with Crippen LogP contribution in [0.1, 0.15) is 32.4 Å². The summed E-state index contributed by atoms with van der Waals surface area (Å²) in [6.45, 7) is 6.62. The van der Waals surface area contributed by atoms with Gasteiger partial charge in [0.25, 0.3) is 0 Å². The van der Waals surface area contributed by atoms with Gasteiger partial charge in [-0.25, -0.2) is 4.39 Å². The monoisotopic (exact) mass is 156 g/mol. The summed E-state index contributed by atoms with van der Waals surface area (Å²) in [6, 6.07) is 0. The van der Waals surface area contributed by atoms with E-state index in [4.69, 9.17) is 0 Å². The lowest BCUT2D eigenvalue weighted by Crippen LogP contribution is -2.04. The smallest absolute Gasteiger partial charge is 0.164 e. The van der Waals surface area contributed by atoms with Gasteiger partial charge >= 0.3 is 0 Å². The fraction of sp³-hybridized carbons (Fsp3) is 0.625. The van der Waals surface area contributed by atoms with E-state index in [9.17, 15) is 4.39 Å². The zero-order chi connectivity index (χ0) is 8.43. The van der Waals surface area contributed by atoms with Gasteiger partial charge in [-0.3, -0.25) is 4.68 Å². The SMILES string of the molecule is CCn1ncc(F)c1C(C)C. The molecule has 1 rings (SSSR count). The Kier molecular flexibility index (Phi) is 2.27. The van der Waals surface area contributed by atoms with E-state index in [1.54, 1.807) is 4.68 Å². The lowest BCUT2D eigenvalue weighted by atomic mass is 10.1. The van der Waals surface area contributed by atoms with Crippen molar-refractivity contribution in [2.24, 2.45) is 0 Å². The highest BCUT2D eigenvalue weighted by Gasteiger charge is 2.12. The number of nitrogens with zero attached hydrogens (tertiary/aromatic N) is 2. The number of hydrogen-bond donors (Lipinski definition) is 0. The molecule has 0 amide bonds. The molecule has 0 atom stereocenters. The van der Waals surface area contributed by atoms with Gasteiger partial charge < -0.3 is 0 Å². The molecule has 1 aromatic rings. The number of aromatic nitrogens is 2. The Labute approximate surface area is 66.0 Å². The maximum absolute atomic E-state index is 13.0. The third-order valence-electron chi connectivity index (χ3n) is 1.68. The molecule has 0 radical (unpaired) electrons. The summed E-state index contributed by atoms with van der Waals surface area (Å²) in [6.07, 6.45) is 1.28. The first-order chi connectivity index (χ1) is 5.16. The van der Waals surface area contributed by atoms with Gasteiger partial charge in [-0.2, -0.15) is 5.10 Å². The fourth-order valence-corrected chi connectivity index (χ4v) is 1.20. The van der Waals surface area contributed by atoms with Crippen molar-refractivity contribution in [3.63, 3.8) is 0 Å². The van der Waals surface area contributed by atoms with Crippen molar-refractivity contribution in [3.05, 3.63) is 17.7 Å². The minimum Gasteiger partial charge on any atom is -0.267 e. The van der Waals surface area contributed by atoms with Crippen LogP contribution in [-0.2, 0) is 6.54 Å². The van der Waals surface area contributed by atoms with Gasteiger partial charge in [0.2, 0.25) is 0 Å². The second kappa shape index (κ2) is 3.03. The van der Waals surface area contributed by atoms with Crippen LogP contribution >= 0.6 is 0 Å². The molecule has 11 heavy (non-hydrogen) atoms. The molecule has 0 spiro atoms. The Morgan fingerprint density at radius 2 is 2.27 bits per heavy atom. The van der Waals surface area contributed by atoms with E-state index in [2.05, 4.69) is 5.10 Å². The van der Waals surface area contributed by atoms with Crippen molar-refractivity contribution in [1.29, 1.82) is 0 Å². The van der Waals surface area contributed by atoms with Crippen LogP contribution in [0, 0.1) is 5.82 Å². The third kappa shape index (κ3) is 1.42. The third-order valence-corrected chi connectivity index (χ3v) is 1.68. The Morgan fingerprint density at radius 3 is 2.64 bits per heavy atom. The summed E-state index contributed by atoms with van der Waals surface area (Å²) in [7, 11) is 0. The first-order valence-electron chi connectivity index (χ1n) is 3.88. The summed E-state index contributed by atoms with van der Waals surface area (Å²) in [5.74, 6) is 0.0132. The Balaban J connectivity index is 3.07. The van der Waals surface area contributed by atoms with Crippen molar-refractivity contribution in [3.8, 4) is 0 Å². The van der Waals surface area contributed by atoms with Gasteiger partial charge in [-0.1, -0.05) is 13.8 Å². The van der Waals surface area contributed by atoms with E-state index in [-0.39, 0.29) is 11.7 Å². The number of hydrogen-bond acceptors (Lipinski definition) is 1. The van der Waals surface area contributed by atoms with Crippen LogP contribution in [0.5, 0.6) is 0 Å². The molecule has 2 nitrogen and oxygen atoms in total. The molecule has 0 saturated heterocycles. The molecular weight excluding hydrogens is 143 g/mol. The minimum atomic E-state index is -0.193. The van der Waals surface area contributed by atoms with Gasteiger partial charge in [0.1, 0.15) is 0 Å². The fourth-order valence-electron chi connectivity index (χ4n) is 1.20. The van der Waals surface area contributed by atoms with Gasteiger partial charge in [-0.15, -0.1) is 0 Å². The molecule has 0 unspecified atom stereocenters. The van der Waals surface area contributed by atoms with Crippen LogP contribution in [0.25, 0.3) is 0 Å². The van der Waals surface area contributed by atoms with Crippen LogP contribution < -0.4 is 0 Å². The van der Waals surface area contributed by atoms with Crippen LogP contribution in [-0.4, -0.2) is 9.78 Å². The Hall–Kier alpha value is -0.860. The molecule has 0 N–H and O–H groups in total. The predicted octanol–water partition coefficient (Wildman–Crippen LogP) is 2.17. The molecular formula is C8H13FN2. The molecule has 3 heteroatoms. The van der Waals surface area contributed by atoms with Gasteiger partial charge in [0, 0.05) is 6.54 Å². The average Bonchev–Trinajstić information content (AvgIpc) is 2.30. The molecule has 0 saturated carbocycles. The second-order valence-electron chi connectivity index (χ2n) is 2.85. The predicted molar refractivity (Wildman–Crippen MR) is 41.9 cm³/mol. The quantitative estimate of drug-likeness (QED) is 0.641. The van der Waals surface area contributed by atoms with E-state index in [0.717, 1.165) is 6.54 Å². The maximum atomic E-state index is 13.0. The van der Waals surface area contributed by atoms with Crippen LogP contribution in [0.4, 0.5) is 4.39 Å². The van der Waals surface area contributed by atoms with Crippen molar-refractivity contribution in [2.75, 3.05) is 0 Å².